The van der Waals surface area contributed by atoms with Crippen LogP contribution >= 0.6 is 22.9 Å². The summed E-state index contributed by atoms with van der Waals surface area (Å²) in [6.07, 6.45) is 2.82. The van der Waals surface area contributed by atoms with Gasteiger partial charge in [0, 0.05) is 24.3 Å². The van der Waals surface area contributed by atoms with Crippen LogP contribution in [0.25, 0.3) is 16.2 Å². The number of carboxylic acid groups (broad SMARTS) is 1. The Hall–Kier alpha value is -3.23. The number of halogens is 1. The molecule has 7 nitrogen and oxygen atoms in total. The van der Waals surface area contributed by atoms with E-state index >= 15 is 0 Å². The Labute approximate surface area is 167 Å². The number of nitrogens with zero attached hydrogens (tertiary/aromatic N) is 3. The van der Waals surface area contributed by atoms with Gasteiger partial charge in [0.15, 0.2) is 10.8 Å². The molecule has 0 fully saturated rings. The van der Waals surface area contributed by atoms with Crippen LogP contribution in [-0.4, -0.2) is 25.6 Å². The Morgan fingerprint density at radius 3 is 2.75 bits per heavy atom. The van der Waals surface area contributed by atoms with Gasteiger partial charge in [-0.1, -0.05) is 41.9 Å². The molecule has 0 saturated carbocycles. The standard InChI is InChI=1S/C19H13ClN4O3S/c20-14-8-13(22-9-11-4-2-1-3-5-11)15-16(25)12(18(26)27)10-24(17(15)23-14)19-21-6-7-28-19/h1-8,10H,9H2,(H,22,23)(H,26,27). The highest BCUT2D eigenvalue weighted by molar-refractivity contribution is 7.12. The van der Waals surface area contributed by atoms with Gasteiger partial charge in [0.2, 0.25) is 5.43 Å². The van der Waals surface area contributed by atoms with E-state index < -0.39 is 11.4 Å². The minimum absolute atomic E-state index is 0.149. The third-order valence-corrected chi connectivity index (χ3v) is 5.07. The first-order chi connectivity index (χ1) is 13.5. The topological polar surface area (TPSA) is 97.1 Å². The van der Waals surface area contributed by atoms with Gasteiger partial charge in [-0.15, -0.1) is 11.3 Å². The summed E-state index contributed by atoms with van der Waals surface area (Å²) in [4.78, 5) is 33.0. The van der Waals surface area contributed by atoms with Crippen molar-refractivity contribution in [2.75, 3.05) is 5.32 Å². The zero-order valence-electron chi connectivity index (χ0n) is 14.3. The monoisotopic (exact) mass is 412 g/mol. The van der Waals surface area contributed by atoms with Crippen LogP contribution in [0.4, 0.5) is 5.69 Å². The summed E-state index contributed by atoms with van der Waals surface area (Å²) in [6.45, 7) is 0.435. The highest BCUT2D eigenvalue weighted by Crippen LogP contribution is 2.26. The van der Waals surface area contributed by atoms with E-state index in [-0.39, 0.29) is 21.7 Å². The van der Waals surface area contributed by atoms with Gasteiger partial charge >= 0.3 is 5.97 Å². The Morgan fingerprint density at radius 2 is 2.07 bits per heavy atom. The fourth-order valence-electron chi connectivity index (χ4n) is 2.85. The van der Waals surface area contributed by atoms with Crippen molar-refractivity contribution in [3.8, 4) is 5.13 Å². The van der Waals surface area contributed by atoms with Crippen LogP contribution in [0, 0.1) is 0 Å². The van der Waals surface area contributed by atoms with Crippen molar-refractivity contribution in [1.29, 1.82) is 0 Å². The number of pyridine rings is 2. The van der Waals surface area contributed by atoms with Crippen molar-refractivity contribution in [3.05, 3.63) is 80.7 Å². The maximum atomic E-state index is 12.9. The van der Waals surface area contributed by atoms with E-state index in [1.807, 2.05) is 30.3 Å². The molecule has 1 aromatic carbocycles. The second kappa shape index (κ2) is 7.41. The molecule has 0 unspecified atom stereocenters. The maximum Gasteiger partial charge on any atom is 0.341 e. The number of thiazole rings is 1. The van der Waals surface area contributed by atoms with Gasteiger partial charge in [-0.05, 0) is 11.6 Å². The summed E-state index contributed by atoms with van der Waals surface area (Å²) < 4.78 is 1.48. The van der Waals surface area contributed by atoms with E-state index in [0.717, 1.165) is 5.56 Å². The van der Waals surface area contributed by atoms with Crippen LogP contribution in [-0.2, 0) is 6.54 Å². The molecule has 0 atom stereocenters. The second-order valence-corrected chi connectivity index (χ2v) is 7.15. The first-order valence-electron chi connectivity index (χ1n) is 8.21. The maximum absolute atomic E-state index is 12.9. The average molecular weight is 413 g/mol. The smallest absolute Gasteiger partial charge is 0.341 e. The van der Waals surface area contributed by atoms with Gasteiger partial charge < -0.3 is 10.4 Å². The number of benzene rings is 1. The van der Waals surface area contributed by atoms with Gasteiger partial charge in [-0.25, -0.2) is 14.8 Å². The predicted octanol–water partition coefficient (Wildman–Crippen LogP) is 3.81. The van der Waals surface area contributed by atoms with E-state index in [2.05, 4.69) is 15.3 Å². The lowest BCUT2D eigenvalue weighted by molar-refractivity contribution is 0.0695. The quantitative estimate of drug-likeness (QED) is 0.484. The molecule has 0 aliphatic carbocycles. The lowest BCUT2D eigenvalue weighted by Crippen LogP contribution is -2.20. The lowest BCUT2D eigenvalue weighted by Gasteiger charge is -2.14. The summed E-state index contributed by atoms with van der Waals surface area (Å²) in [5, 5.41) is 15.2. The summed E-state index contributed by atoms with van der Waals surface area (Å²) >= 11 is 7.49. The normalized spacial score (nSPS) is 10.9. The number of anilines is 1. The van der Waals surface area contributed by atoms with Crippen LogP contribution < -0.4 is 10.7 Å². The molecule has 0 saturated heterocycles. The molecular weight excluding hydrogens is 400 g/mol. The molecule has 2 N–H and O–H groups in total. The fraction of sp³-hybridized carbons (Fsp3) is 0.0526. The van der Waals surface area contributed by atoms with Crippen LogP contribution in [0.2, 0.25) is 5.15 Å². The molecule has 0 spiro atoms. The van der Waals surface area contributed by atoms with Crippen molar-refractivity contribution >= 4 is 45.6 Å². The Morgan fingerprint density at radius 1 is 1.29 bits per heavy atom. The predicted molar refractivity (Wildman–Crippen MR) is 109 cm³/mol. The highest BCUT2D eigenvalue weighted by atomic mass is 35.5. The Bertz CT molecular complexity index is 1220. The van der Waals surface area contributed by atoms with Crippen molar-refractivity contribution < 1.29 is 9.90 Å². The van der Waals surface area contributed by atoms with Gasteiger partial charge in [-0.3, -0.25) is 9.36 Å². The number of nitrogens with one attached hydrogen (secondary N) is 1. The number of carboxylic acids is 1. The van der Waals surface area contributed by atoms with E-state index in [4.69, 9.17) is 11.6 Å². The number of hydrogen-bond donors (Lipinski definition) is 2. The molecule has 4 rings (SSSR count). The van der Waals surface area contributed by atoms with E-state index in [9.17, 15) is 14.7 Å². The van der Waals surface area contributed by atoms with Crippen LogP contribution in [0.1, 0.15) is 15.9 Å². The molecule has 0 aliphatic heterocycles. The van der Waals surface area contributed by atoms with Crippen molar-refractivity contribution in [3.63, 3.8) is 0 Å². The first-order valence-corrected chi connectivity index (χ1v) is 9.47. The average Bonchev–Trinajstić information content (AvgIpc) is 3.21. The minimum Gasteiger partial charge on any atom is -0.477 e. The SMILES string of the molecule is O=C(O)c1cn(-c2nccs2)c2nc(Cl)cc(NCc3ccccc3)c2c1=O. The lowest BCUT2D eigenvalue weighted by atomic mass is 10.1. The number of hydrogen-bond acceptors (Lipinski definition) is 6. The second-order valence-electron chi connectivity index (χ2n) is 5.89. The Kier molecular flexibility index (Phi) is 4.81. The summed E-state index contributed by atoms with van der Waals surface area (Å²) in [7, 11) is 0. The van der Waals surface area contributed by atoms with E-state index in [1.165, 1.54) is 28.2 Å². The molecule has 0 aliphatic rings. The molecule has 0 radical (unpaired) electrons. The van der Waals surface area contributed by atoms with Crippen molar-refractivity contribution in [2.45, 2.75) is 6.54 Å². The van der Waals surface area contributed by atoms with E-state index in [0.29, 0.717) is 17.4 Å². The van der Waals surface area contributed by atoms with Gasteiger partial charge in [-0.2, -0.15) is 0 Å². The number of carbonyl (C=O) groups is 1. The van der Waals surface area contributed by atoms with Crippen LogP contribution in [0.3, 0.4) is 0 Å². The molecule has 0 amide bonds. The molecule has 4 aromatic rings. The number of fused-ring (bicyclic) bond motifs is 1. The number of aromatic carboxylic acids is 1. The van der Waals surface area contributed by atoms with Crippen LogP contribution in [0.5, 0.6) is 0 Å². The largest absolute Gasteiger partial charge is 0.477 e. The van der Waals surface area contributed by atoms with Gasteiger partial charge in [0.25, 0.3) is 0 Å². The zero-order valence-corrected chi connectivity index (χ0v) is 15.9. The molecule has 0 bridgehead atoms. The van der Waals surface area contributed by atoms with Crippen LogP contribution in [0.15, 0.2) is 59.0 Å². The molecule has 28 heavy (non-hydrogen) atoms. The number of rotatable bonds is 5. The molecule has 9 heteroatoms. The third-order valence-electron chi connectivity index (χ3n) is 4.11. The highest BCUT2D eigenvalue weighted by Gasteiger charge is 2.20. The van der Waals surface area contributed by atoms with E-state index in [1.54, 1.807) is 11.6 Å². The van der Waals surface area contributed by atoms with Crippen molar-refractivity contribution in [1.82, 2.24) is 14.5 Å². The third kappa shape index (κ3) is 3.35. The van der Waals surface area contributed by atoms with Gasteiger partial charge in [0.1, 0.15) is 10.7 Å². The van der Waals surface area contributed by atoms with Crippen molar-refractivity contribution in [2.24, 2.45) is 0 Å². The molecule has 3 heterocycles. The van der Waals surface area contributed by atoms with Gasteiger partial charge in [0.05, 0.1) is 11.1 Å². The summed E-state index contributed by atoms with van der Waals surface area (Å²) in [6, 6.07) is 11.1. The fourth-order valence-corrected chi connectivity index (χ4v) is 3.66. The molecule has 3 aromatic heterocycles. The first kappa shape index (κ1) is 18.1. The molecular formula is C19H13ClN4O3S. The Balaban J connectivity index is 1.95. The minimum atomic E-state index is -1.32. The number of aromatic nitrogens is 3. The zero-order chi connectivity index (χ0) is 19.7. The summed E-state index contributed by atoms with van der Waals surface area (Å²) in [5.41, 5.74) is 0.660. The summed E-state index contributed by atoms with van der Waals surface area (Å²) in [5.74, 6) is -1.32. The molecule has 140 valence electrons.